The van der Waals surface area contributed by atoms with E-state index in [0.717, 1.165) is 19.3 Å². The highest BCUT2D eigenvalue weighted by Crippen LogP contribution is 2.18. The fraction of sp³-hybridized carbons (Fsp3) is 1.00. The van der Waals surface area contributed by atoms with Crippen LogP contribution in [0.25, 0.3) is 0 Å². The minimum absolute atomic E-state index is 0.420. The lowest BCUT2D eigenvalue weighted by Crippen LogP contribution is -2.33. The first-order chi connectivity index (χ1) is 9.27. The van der Waals surface area contributed by atoms with E-state index in [1.807, 2.05) is 0 Å². The number of aliphatic hydroxyl groups is 1. The van der Waals surface area contributed by atoms with Gasteiger partial charge in [-0.15, -0.1) is 0 Å². The molecule has 0 saturated heterocycles. The minimum Gasteiger partial charge on any atom is -0.389 e. The molecule has 0 heterocycles. The van der Waals surface area contributed by atoms with Gasteiger partial charge in [-0.05, 0) is 13.3 Å². The van der Waals surface area contributed by atoms with E-state index < -0.39 is 21.5 Å². The first-order valence-electron chi connectivity index (χ1n) is 7.94. The second kappa shape index (κ2) is 10.6. The average molecular weight is 308 g/mol. The van der Waals surface area contributed by atoms with Gasteiger partial charge in [-0.3, -0.25) is 4.55 Å². The van der Waals surface area contributed by atoms with Gasteiger partial charge in [0.05, 0.1) is 5.60 Å². The molecular weight excluding hydrogens is 276 g/mol. The molecule has 0 aliphatic carbocycles. The van der Waals surface area contributed by atoms with Crippen LogP contribution in [0.2, 0.25) is 0 Å². The fourth-order valence-corrected chi connectivity index (χ4v) is 3.39. The van der Waals surface area contributed by atoms with Crippen LogP contribution in [0.5, 0.6) is 0 Å². The van der Waals surface area contributed by atoms with Gasteiger partial charge in [0.2, 0.25) is 0 Å². The molecule has 0 bridgehead atoms. The second-order valence-corrected chi connectivity index (χ2v) is 7.61. The Morgan fingerprint density at radius 1 is 0.850 bits per heavy atom. The molecule has 0 saturated carbocycles. The lowest BCUT2D eigenvalue weighted by Gasteiger charge is -2.21. The van der Waals surface area contributed by atoms with Gasteiger partial charge in [0.1, 0.15) is 5.75 Å². The molecule has 20 heavy (non-hydrogen) atoms. The normalized spacial score (nSPS) is 15.2. The summed E-state index contributed by atoms with van der Waals surface area (Å²) in [6.45, 7) is 3.69. The third-order valence-electron chi connectivity index (χ3n) is 3.56. The monoisotopic (exact) mass is 308 g/mol. The Morgan fingerprint density at radius 3 is 1.65 bits per heavy atom. The minimum atomic E-state index is -4.09. The van der Waals surface area contributed by atoms with Gasteiger partial charge in [0, 0.05) is 0 Å². The summed E-state index contributed by atoms with van der Waals surface area (Å²) in [5.41, 5.74) is -1.31. The molecular formula is C15H32O4S. The lowest BCUT2D eigenvalue weighted by molar-refractivity contribution is 0.0697. The maximum Gasteiger partial charge on any atom is 0.267 e. The molecule has 0 aromatic heterocycles. The molecule has 0 rings (SSSR count). The topological polar surface area (TPSA) is 74.6 Å². The van der Waals surface area contributed by atoms with Gasteiger partial charge >= 0.3 is 0 Å². The van der Waals surface area contributed by atoms with Crippen molar-refractivity contribution in [2.75, 3.05) is 5.75 Å². The summed E-state index contributed by atoms with van der Waals surface area (Å²) in [5, 5.41) is 9.83. The summed E-state index contributed by atoms with van der Waals surface area (Å²) in [5.74, 6) is -0.572. The van der Waals surface area contributed by atoms with Gasteiger partial charge in [0.15, 0.2) is 0 Å². The molecule has 1 atom stereocenters. The van der Waals surface area contributed by atoms with E-state index in [0.29, 0.717) is 6.42 Å². The first kappa shape index (κ1) is 19.9. The van der Waals surface area contributed by atoms with Gasteiger partial charge in [-0.25, -0.2) is 0 Å². The van der Waals surface area contributed by atoms with Crippen LogP contribution in [-0.2, 0) is 10.1 Å². The second-order valence-electron chi connectivity index (χ2n) is 6.16. The Labute approximate surface area is 124 Å². The van der Waals surface area contributed by atoms with Crippen molar-refractivity contribution in [3.8, 4) is 0 Å². The standard InChI is InChI=1S/C15H32O4S/c1-3-4-5-6-7-8-9-10-11-12-13-15(2,16)14-20(17,18)19/h16H,3-14H2,1-2H3,(H,17,18,19). The zero-order chi connectivity index (χ0) is 15.5. The molecule has 4 nitrogen and oxygen atoms in total. The number of hydrogen-bond donors (Lipinski definition) is 2. The third-order valence-corrected chi connectivity index (χ3v) is 4.55. The van der Waals surface area contributed by atoms with Crippen LogP contribution in [-0.4, -0.2) is 29.4 Å². The summed E-state index contributed by atoms with van der Waals surface area (Å²) < 4.78 is 30.2. The van der Waals surface area contributed by atoms with Crippen molar-refractivity contribution >= 4 is 10.1 Å². The summed E-state index contributed by atoms with van der Waals surface area (Å²) in [6, 6.07) is 0. The number of rotatable bonds is 13. The quantitative estimate of drug-likeness (QED) is 0.399. The van der Waals surface area contributed by atoms with E-state index in [-0.39, 0.29) is 0 Å². The van der Waals surface area contributed by atoms with Crippen LogP contribution in [0.4, 0.5) is 0 Å². The average Bonchev–Trinajstić information content (AvgIpc) is 2.28. The van der Waals surface area contributed by atoms with Crippen molar-refractivity contribution in [2.45, 2.75) is 90.1 Å². The zero-order valence-electron chi connectivity index (χ0n) is 13.1. The van der Waals surface area contributed by atoms with E-state index >= 15 is 0 Å². The maximum atomic E-state index is 10.7. The maximum absolute atomic E-state index is 10.7. The largest absolute Gasteiger partial charge is 0.389 e. The van der Waals surface area contributed by atoms with E-state index in [1.54, 1.807) is 0 Å². The molecule has 5 heteroatoms. The van der Waals surface area contributed by atoms with E-state index in [2.05, 4.69) is 6.92 Å². The Bertz CT molecular complexity index is 323. The molecule has 0 aromatic rings. The smallest absolute Gasteiger partial charge is 0.267 e. The van der Waals surface area contributed by atoms with Crippen LogP contribution in [0.15, 0.2) is 0 Å². The molecule has 0 spiro atoms. The lowest BCUT2D eigenvalue weighted by atomic mass is 9.99. The zero-order valence-corrected chi connectivity index (χ0v) is 13.9. The van der Waals surface area contributed by atoms with Gasteiger partial charge < -0.3 is 5.11 Å². The van der Waals surface area contributed by atoms with Crippen molar-refractivity contribution in [1.82, 2.24) is 0 Å². The molecule has 0 amide bonds. The Balaban J connectivity index is 3.43. The van der Waals surface area contributed by atoms with Crippen LogP contribution < -0.4 is 0 Å². The summed E-state index contributed by atoms with van der Waals surface area (Å²) in [4.78, 5) is 0. The van der Waals surface area contributed by atoms with Crippen LogP contribution in [0.1, 0.15) is 84.5 Å². The Morgan fingerprint density at radius 2 is 1.25 bits per heavy atom. The van der Waals surface area contributed by atoms with Crippen molar-refractivity contribution in [2.24, 2.45) is 0 Å². The highest BCUT2D eigenvalue weighted by atomic mass is 32.2. The van der Waals surface area contributed by atoms with Crippen molar-refractivity contribution in [1.29, 1.82) is 0 Å². The predicted octanol–water partition coefficient (Wildman–Crippen LogP) is 3.94. The van der Waals surface area contributed by atoms with E-state index in [1.165, 1.54) is 51.9 Å². The molecule has 0 aliphatic heterocycles. The predicted molar refractivity (Wildman–Crippen MR) is 83.5 cm³/mol. The summed E-state index contributed by atoms with van der Waals surface area (Å²) in [7, 11) is -4.09. The highest BCUT2D eigenvalue weighted by molar-refractivity contribution is 7.85. The Kier molecular flexibility index (Phi) is 10.5. The molecule has 0 aliphatic rings. The van der Waals surface area contributed by atoms with Crippen LogP contribution in [0, 0.1) is 0 Å². The van der Waals surface area contributed by atoms with Crippen LogP contribution in [0.3, 0.4) is 0 Å². The first-order valence-corrected chi connectivity index (χ1v) is 9.55. The molecule has 122 valence electrons. The fourth-order valence-electron chi connectivity index (χ4n) is 2.46. The van der Waals surface area contributed by atoms with Crippen LogP contribution >= 0.6 is 0 Å². The molecule has 1 unspecified atom stereocenters. The molecule has 2 N–H and O–H groups in total. The summed E-state index contributed by atoms with van der Waals surface area (Å²) in [6.07, 6.45) is 12.4. The van der Waals surface area contributed by atoms with Crippen molar-refractivity contribution < 1.29 is 18.1 Å². The third kappa shape index (κ3) is 14.3. The SMILES string of the molecule is CCCCCCCCCCCCC(C)(O)CS(=O)(=O)O. The van der Waals surface area contributed by atoms with Crippen molar-refractivity contribution in [3.05, 3.63) is 0 Å². The number of hydrogen-bond acceptors (Lipinski definition) is 3. The van der Waals surface area contributed by atoms with Gasteiger partial charge in [-0.2, -0.15) is 8.42 Å². The van der Waals surface area contributed by atoms with E-state index in [4.69, 9.17) is 4.55 Å². The molecule has 0 radical (unpaired) electrons. The van der Waals surface area contributed by atoms with Gasteiger partial charge in [0.25, 0.3) is 10.1 Å². The van der Waals surface area contributed by atoms with Crippen molar-refractivity contribution in [3.63, 3.8) is 0 Å². The molecule has 0 fully saturated rings. The summed E-state index contributed by atoms with van der Waals surface area (Å²) >= 11 is 0. The highest BCUT2D eigenvalue weighted by Gasteiger charge is 2.26. The molecule has 0 aromatic carbocycles. The van der Waals surface area contributed by atoms with E-state index in [9.17, 15) is 13.5 Å². The number of unbranched alkanes of at least 4 members (excludes halogenated alkanes) is 9. The Hall–Kier alpha value is -0.130. The van der Waals surface area contributed by atoms with Gasteiger partial charge in [-0.1, -0.05) is 71.1 Å².